The van der Waals surface area contributed by atoms with Crippen molar-refractivity contribution in [3.8, 4) is 5.75 Å². The van der Waals surface area contributed by atoms with Gasteiger partial charge in [0.15, 0.2) is 6.61 Å². The van der Waals surface area contributed by atoms with Crippen molar-refractivity contribution in [1.82, 2.24) is 5.32 Å². The fourth-order valence-electron chi connectivity index (χ4n) is 3.97. The predicted octanol–water partition coefficient (Wildman–Crippen LogP) is 5.64. The van der Waals surface area contributed by atoms with Crippen LogP contribution in [0.5, 0.6) is 5.75 Å². The van der Waals surface area contributed by atoms with E-state index < -0.39 is 30.4 Å². The SMILES string of the molecule is COc1ccc(NC(=O)c2ccc(NC(=O)COC(=O)CC(NC(=O)c3ccccc3Cl)c3ccccc3)cc2)cc1. The standard InChI is InChI=1S/C32H28ClN3O6/c1-41-25-17-15-24(16-18-25)35-31(39)22-11-13-23(14-12-22)34-29(37)20-42-30(38)19-28(21-7-3-2-4-8-21)36-32(40)26-9-5-6-10-27(26)33/h2-18,28H,19-20H2,1H3,(H,34,37)(H,35,39)(H,36,40). The lowest BCUT2D eigenvalue weighted by molar-refractivity contribution is -0.147. The van der Waals surface area contributed by atoms with Crippen molar-refractivity contribution in [1.29, 1.82) is 0 Å². The number of anilines is 2. The maximum absolute atomic E-state index is 12.8. The number of amides is 3. The number of benzene rings is 4. The van der Waals surface area contributed by atoms with E-state index in [9.17, 15) is 19.2 Å². The van der Waals surface area contributed by atoms with Gasteiger partial charge in [-0.15, -0.1) is 0 Å². The molecule has 214 valence electrons. The Labute approximate surface area is 247 Å². The van der Waals surface area contributed by atoms with Crippen LogP contribution in [0.1, 0.15) is 38.7 Å². The average molecular weight is 586 g/mol. The summed E-state index contributed by atoms with van der Waals surface area (Å²) in [7, 11) is 1.56. The first-order valence-electron chi connectivity index (χ1n) is 12.9. The van der Waals surface area contributed by atoms with Gasteiger partial charge in [-0.05, 0) is 66.2 Å². The van der Waals surface area contributed by atoms with Crippen LogP contribution in [0.2, 0.25) is 5.02 Å². The molecule has 1 atom stereocenters. The fourth-order valence-corrected chi connectivity index (χ4v) is 4.19. The molecule has 0 aliphatic rings. The quantitative estimate of drug-likeness (QED) is 0.196. The van der Waals surface area contributed by atoms with Gasteiger partial charge in [0.2, 0.25) is 0 Å². The van der Waals surface area contributed by atoms with Gasteiger partial charge in [0.05, 0.1) is 30.2 Å². The van der Waals surface area contributed by atoms with Gasteiger partial charge >= 0.3 is 5.97 Å². The number of hydrogen-bond acceptors (Lipinski definition) is 6. The van der Waals surface area contributed by atoms with Crippen LogP contribution in [0.3, 0.4) is 0 Å². The van der Waals surface area contributed by atoms with E-state index >= 15 is 0 Å². The Morgan fingerprint density at radius 1 is 0.738 bits per heavy atom. The first-order chi connectivity index (χ1) is 20.3. The minimum absolute atomic E-state index is 0.203. The highest BCUT2D eigenvalue weighted by Crippen LogP contribution is 2.21. The molecule has 3 N–H and O–H groups in total. The Morgan fingerprint density at radius 2 is 1.36 bits per heavy atom. The van der Waals surface area contributed by atoms with E-state index in [1.54, 1.807) is 104 Å². The highest BCUT2D eigenvalue weighted by molar-refractivity contribution is 6.33. The molecule has 0 bridgehead atoms. The van der Waals surface area contributed by atoms with Gasteiger partial charge in [0.1, 0.15) is 5.75 Å². The highest BCUT2D eigenvalue weighted by atomic mass is 35.5. The van der Waals surface area contributed by atoms with Crippen LogP contribution in [0.25, 0.3) is 0 Å². The number of nitrogens with one attached hydrogen (secondary N) is 3. The summed E-state index contributed by atoms with van der Waals surface area (Å²) in [5, 5.41) is 8.51. The molecule has 3 amide bonds. The summed E-state index contributed by atoms with van der Waals surface area (Å²) in [6, 6.07) is 28.0. The van der Waals surface area contributed by atoms with E-state index in [1.165, 1.54) is 0 Å². The second-order valence-electron chi connectivity index (χ2n) is 9.09. The maximum atomic E-state index is 12.8. The zero-order valence-electron chi connectivity index (χ0n) is 22.6. The monoisotopic (exact) mass is 585 g/mol. The van der Waals surface area contributed by atoms with Crippen molar-refractivity contribution >= 4 is 46.7 Å². The lowest BCUT2D eigenvalue weighted by Gasteiger charge is -2.19. The molecule has 0 spiro atoms. The Morgan fingerprint density at radius 3 is 2.02 bits per heavy atom. The Balaban J connectivity index is 1.29. The van der Waals surface area contributed by atoms with E-state index in [0.29, 0.717) is 28.3 Å². The number of methoxy groups -OCH3 is 1. The predicted molar refractivity (Wildman–Crippen MR) is 160 cm³/mol. The van der Waals surface area contributed by atoms with Crippen molar-refractivity contribution in [2.24, 2.45) is 0 Å². The van der Waals surface area contributed by atoms with E-state index in [0.717, 1.165) is 0 Å². The number of hydrogen-bond donors (Lipinski definition) is 3. The summed E-state index contributed by atoms with van der Waals surface area (Å²) < 4.78 is 10.3. The van der Waals surface area contributed by atoms with Crippen LogP contribution in [0, 0.1) is 0 Å². The van der Waals surface area contributed by atoms with Crippen molar-refractivity contribution in [2.75, 3.05) is 24.4 Å². The summed E-state index contributed by atoms with van der Waals surface area (Å²) in [5.41, 5.74) is 2.39. The van der Waals surface area contributed by atoms with Crippen LogP contribution in [0.15, 0.2) is 103 Å². The molecule has 0 aromatic heterocycles. The molecule has 4 aromatic rings. The van der Waals surface area contributed by atoms with Crippen LogP contribution in [-0.4, -0.2) is 37.4 Å². The van der Waals surface area contributed by atoms with Gasteiger partial charge in [0, 0.05) is 16.9 Å². The summed E-state index contributed by atoms with van der Waals surface area (Å²) in [6.07, 6.45) is -0.203. The third-order valence-corrected chi connectivity index (χ3v) is 6.47. The molecule has 9 nitrogen and oxygen atoms in total. The number of carbonyl (C=O) groups is 4. The van der Waals surface area contributed by atoms with Gasteiger partial charge in [-0.2, -0.15) is 0 Å². The third kappa shape index (κ3) is 8.42. The van der Waals surface area contributed by atoms with Crippen molar-refractivity contribution in [3.63, 3.8) is 0 Å². The summed E-state index contributed by atoms with van der Waals surface area (Å²) in [4.78, 5) is 50.4. The fraction of sp³-hybridized carbons (Fsp3) is 0.125. The van der Waals surface area contributed by atoms with Gasteiger partial charge in [-0.1, -0.05) is 54.1 Å². The zero-order valence-corrected chi connectivity index (χ0v) is 23.4. The van der Waals surface area contributed by atoms with Crippen molar-refractivity contribution in [3.05, 3.63) is 125 Å². The van der Waals surface area contributed by atoms with Crippen molar-refractivity contribution in [2.45, 2.75) is 12.5 Å². The molecule has 0 heterocycles. The molecule has 0 aliphatic heterocycles. The van der Waals surface area contributed by atoms with Crippen LogP contribution in [-0.2, 0) is 14.3 Å². The Bertz CT molecular complexity index is 1540. The average Bonchev–Trinajstić information content (AvgIpc) is 3.01. The van der Waals surface area contributed by atoms with Crippen molar-refractivity contribution < 1.29 is 28.7 Å². The molecule has 0 saturated heterocycles. The van der Waals surface area contributed by atoms with E-state index in [2.05, 4.69) is 16.0 Å². The second kappa shape index (κ2) is 14.5. The largest absolute Gasteiger partial charge is 0.497 e. The minimum atomic E-state index is -0.706. The van der Waals surface area contributed by atoms with Gasteiger partial charge in [-0.3, -0.25) is 19.2 Å². The molecule has 0 radical (unpaired) electrons. The Kier molecular flexibility index (Phi) is 10.3. The third-order valence-electron chi connectivity index (χ3n) is 6.14. The molecule has 0 saturated carbocycles. The number of ether oxygens (including phenoxy) is 2. The Hall–Kier alpha value is -5.15. The van der Waals surface area contributed by atoms with Crippen LogP contribution < -0.4 is 20.7 Å². The molecule has 42 heavy (non-hydrogen) atoms. The summed E-state index contributed by atoms with van der Waals surface area (Å²) in [5.74, 6) is -1.32. The molecule has 1 unspecified atom stereocenters. The minimum Gasteiger partial charge on any atom is -0.497 e. The summed E-state index contributed by atoms with van der Waals surface area (Å²) in [6.45, 7) is -0.529. The second-order valence-corrected chi connectivity index (χ2v) is 9.50. The smallest absolute Gasteiger partial charge is 0.308 e. The van der Waals surface area contributed by atoms with Gasteiger partial charge in [0.25, 0.3) is 17.7 Å². The maximum Gasteiger partial charge on any atom is 0.308 e. The van der Waals surface area contributed by atoms with Crippen LogP contribution >= 0.6 is 11.6 Å². The van der Waals surface area contributed by atoms with Gasteiger partial charge < -0.3 is 25.4 Å². The molecule has 0 aliphatic carbocycles. The first-order valence-corrected chi connectivity index (χ1v) is 13.3. The number of halogens is 1. The summed E-state index contributed by atoms with van der Waals surface area (Å²) >= 11 is 6.15. The topological polar surface area (TPSA) is 123 Å². The zero-order chi connectivity index (χ0) is 29.9. The molecular weight excluding hydrogens is 558 g/mol. The molecule has 4 rings (SSSR count). The molecule has 10 heteroatoms. The molecule has 0 fully saturated rings. The number of carbonyl (C=O) groups excluding carboxylic acids is 4. The first kappa shape index (κ1) is 29.8. The number of rotatable bonds is 11. The van der Waals surface area contributed by atoms with E-state index in [4.69, 9.17) is 21.1 Å². The molecular formula is C32H28ClN3O6. The number of esters is 1. The van der Waals surface area contributed by atoms with Gasteiger partial charge in [-0.25, -0.2) is 0 Å². The highest BCUT2D eigenvalue weighted by Gasteiger charge is 2.22. The van der Waals surface area contributed by atoms with Crippen LogP contribution in [0.4, 0.5) is 11.4 Å². The molecule has 4 aromatic carbocycles. The van der Waals surface area contributed by atoms with E-state index in [1.807, 2.05) is 6.07 Å². The lowest BCUT2D eigenvalue weighted by atomic mass is 10.0. The normalized spacial score (nSPS) is 11.1. The van der Waals surface area contributed by atoms with E-state index in [-0.39, 0.29) is 22.9 Å². The lowest BCUT2D eigenvalue weighted by Crippen LogP contribution is -2.31.